The van der Waals surface area contributed by atoms with Crippen molar-refractivity contribution in [2.24, 2.45) is 5.92 Å². The van der Waals surface area contributed by atoms with Gasteiger partial charge in [-0.05, 0) is 31.4 Å². The van der Waals surface area contributed by atoms with Crippen LogP contribution in [0.5, 0.6) is 5.75 Å². The maximum Gasteiger partial charge on any atom is 0.146 e. The van der Waals surface area contributed by atoms with E-state index in [1.807, 2.05) is 19.1 Å². The van der Waals surface area contributed by atoms with Crippen LogP contribution >= 0.6 is 11.6 Å². The third-order valence-electron chi connectivity index (χ3n) is 4.03. The fourth-order valence-electron chi connectivity index (χ4n) is 2.89. The average molecular weight is 279 g/mol. The summed E-state index contributed by atoms with van der Waals surface area (Å²) in [5, 5.41) is -0.0878. The lowest BCUT2D eigenvalue weighted by atomic mass is 10.2. The molecule has 1 saturated carbocycles. The Hall–Kier alpha value is -1.22. The Labute approximate surface area is 118 Å². The van der Waals surface area contributed by atoms with Crippen molar-refractivity contribution in [1.29, 1.82) is 0 Å². The van der Waals surface area contributed by atoms with Crippen LogP contribution in [0.15, 0.2) is 18.2 Å². The highest BCUT2D eigenvalue weighted by atomic mass is 35.5. The number of halogens is 1. The Morgan fingerprint density at radius 1 is 1.53 bits per heavy atom. The molecule has 19 heavy (non-hydrogen) atoms. The molecular weight excluding hydrogens is 260 g/mol. The Morgan fingerprint density at radius 3 is 2.89 bits per heavy atom. The number of imidazole rings is 1. The molecule has 1 aliphatic carbocycles. The molecule has 4 heteroatoms. The van der Waals surface area contributed by atoms with Gasteiger partial charge in [0.15, 0.2) is 0 Å². The highest BCUT2D eigenvalue weighted by Gasteiger charge is 2.39. The summed E-state index contributed by atoms with van der Waals surface area (Å²) in [6.45, 7) is 4.23. The minimum Gasteiger partial charge on any atom is -0.494 e. The smallest absolute Gasteiger partial charge is 0.146 e. The van der Waals surface area contributed by atoms with Crippen LogP contribution in [0.1, 0.15) is 43.9 Å². The second kappa shape index (κ2) is 4.71. The number of hydrogen-bond donors (Lipinski definition) is 0. The first-order valence-electron chi connectivity index (χ1n) is 6.86. The molecule has 1 heterocycles. The van der Waals surface area contributed by atoms with Crippen molar-refractivity contribution in [3.8, 4) is 5.75 Å². The van der Waals surface area contributed by atoms with Crippen LogP contribution in [0.25, 0.3) is 11.0 Å². The normalized spacial score (nSPS) is 23.6. The number of benzene rings is 1. The molecule has 1 fully saturated rings. The minimum atomic E-state index is -0.0878. The number of rotatable bonds is 4. The van der Waals surface area contributed by atoms with E-state index in [2.05, 4.69) is 17.6 Å². The third kappa shape index (κ3) is 2.00. The fraction of sp³-hybridized carbons (Fsp3) is 0.533. The van der Waals surface area contributed by atoms with Gasteiger partial charge in [-0.15, -0.1) is 11.6 Å². The number of alkyl halides is 1. The van der Waals surface area contributed by atoms with Crippen molar-refractivity contribution in [3.05, 3.63) is 24.0 Å². The van der Waals surface area contributed by atoms with Crippen molar-refractivity contribution in [1.82, 2.24) is 9.55 Å². The van der Waals surface area contributed by atoms with Crippen molar-refractivity contribution < 1.29 is 4.74 Å². The number of ether oxygens (including phenoxy) is 1. The summed E-state index contributed by atoms with van der Waals surface area (Å²) in [6.07, 6.45) is 2.44. The molecule has 0 aliphatic heterocycles. The lowest BCUT2D eigenvalue weighted by Crippen LogP contribution is -2.03. The monoisotopic (exact) mass is 278 g/mol. The molecule has 3 unspecified atom stereocenters. The summed E-state index contributed by atoms with van der Waals surface area (Å²) in [6, 6.07) is 6.63. The third-order valence-corrected chi connectivity index (χ3v) is 4.22. The molecule has 0 radical (unpaired) electrons. The van der Waals surface area contributed by atoms with Gasteiger partial charge in [0.05, 0.1) is 18.0 Å². The highest BCUT2D eigenvalue weighted by molar-refractivity contribution is 6.20. The summed E-state index contributed by atoms with van der Waals surface area (Å²) < 4.78 is 7.73. The summed E-state index contributed by atoms with van der Waals surface area (Å²) in [5.41, 5.74) is 2.07. The quantitative estimate of drug-likeness (QED) is 0.779. The van der Waals surface area contributed by atoms with E-state index >= 15 is 0 Å². The van der Waals surface area contributed by atoms with Gasteiger partial charge in [0.2, 0.25) is 0 Å². The van der Waals surface area contributed by atoms with E-state index in [-0.39, 0.29) is 5.38 Å². The molecular formula is C15H19ClN2O. The zero-order valence-corrected chi connectivity index (χ0v) is 12.3. The van der Waals surface area contributed by atoms with Gasteiger partial charge < -0.3 is 9.30 Å². The maximum absolute atomic E-state index is 6.31. The molecule has 1 aromatic carbocycles. The van der Waals surface area contributed by atoms with Gasteiger partial charge in [-0.25, -0.2) is 4.98 Å². The number of hydrogen-bond acceptors (Lipinski definition) is 2. The van der Waals surface area contributed by atoms with Gasteiger partial charge in [-0.3, -0.25) is 0 Å². The van der Waals surface area contributed by atoms with Gasteiger partial charge in [0.25, 0.3) is 0 Å². The molecule has 1 aromatic heterocycles. The Balaban J connectivity index is 2.20. The molecule has 3 atom stereocenters. The Kier molecular flexibility index (Phi) is 3.17. The second-order valence-electron chi connectivity index (χ2n) is 5.26. The minimum absolute atomic E-state index is 0.0878. The van der Waals surface area contributed by atoms with Crippen molar-refractivity contribution in [3.63, 3.8) is 0 Å². The van der Waals surface area contributed by atoms with Crippen molar-refractivity contribution in [2.75, 3.05) is 7.11 Å². The van der Waals surface area contributed by atoms with Crippen LogP contribution in [0.2, 0.25) is 0 Å². The van der Waals surface area contributed by atoms with Gasteiger partial charge >= 0.3 is 0 Å². The zero-order valence-electron chi connectivity index (χ0n) is 11.6. The van der Waals surface area contributed by atoms with E-state index in [1.165, 1.54) is 12.8 Å². The first kappa shape index (κ1) is 12.8. The molecule has 3 rings (SSSR count). The molecule has 102 valence electrons. The standard InChI is InChI=1S/C15H19ClN2O/c1-4-10-8-12(10)18-11-6-5-7-13(19-3)14(11)17-15(18)9(2)16/h5-7,9-10,12H,4,8H2,1-3H3. The van der Waals surface area contributed by atoms with Gasteiger partial charge in [-0.1, -0.05) is 19.4 Å². The summed E-state index contributed by atoms with van der Waals surface area (Å²) in [7, 11) is 1.68. The summed E-state index contributed by atoms with van der Waals surface area (Å²) in [5.74, 6) is 2.54. The number of aromatic nitrogens is 2. The first-order chi connectivity index (χ1) is 9.17. The SMILES string of the molecule is CCC1CC1n1c(C(C)Cl)nc2c(OC)cccc21. The number of para-hydroxylation sites is 1. The first-order valence-corrected chi connectivity index (χ1v) is 7.29. The van der Waals surface area contributed by atoms with Crippen LogP contribution in [-0.4, -0.2) is 16.7 Å². The number of nitrogens with zero attached hydrogens (tertiary/aromatic N) is 2. The van der Waals surface area contributed by atoms with E-state index in [9.17, 15) is 0 Å². The Bertz CT molecular complexity index is 605. The zero-order chi connectivity index (χ0) is 13.6. The lowest BCUT2D eigenvalue weighted by Gasteiger charge is -2.10. The molecule has 2 aromatic rings. The highest BCUT2D eigenvalue weighted by Crippen LogP contribution is 2.49. The average Bonchev–Trinajstić information content (AvgIpc) is 3.08. The Morgan fingerprint density at radius 2 is 2.32 bits per heavy atom. The predicted octanol–water partition coefficient (Wildman–Crippen LogP) is 4.32. The van der Waals surface area contributed by atoms with Crippen LogP contribution < -0.4 is 4.74 Å². The molecule has 3 nitrogen and oxygen atoms in total. The molecule has 0 N–H and O–H groups in total. The van der Waals surface area contributed by atoms with E-state index in [1.54, 1.807) is 7.11 Å². The molecule has 1 aliphatic rings. The lowest BCUT2D eigenvalue weighted by molar-refractivity contribution is 0.419. The van der Waals surface area contributed by atoms with Gasteiger partial charge in [-0.2, -0.15) is 0 Å². The largest absolute Gasteiger partial charge is 0.494 e. The maximum atomic E-state index is 6.31. The van der Waals surface area contributed by atoms with Crippen LogP contribution in [0.3, 0.4) is 0 Å². The van der Waals surface area contributed by atoms with Crippen LogP contribution in [0, 0.1) is 5.92 Å². The van der Waals surface area contributed by atoms with Crippen molar-refractivity contribution in [2.45, 2.75) is 38.1 Å². The van der Waals surface area contributed by atoms with Crippen molar-refractivity contribution >= 4 is 22.6 Å². The topological polar surface area (TPSA) is 27.1 Å². The number of fused-ring (bicyclic) bond motifs is 1. The molecule has 0 amide bonds. The fourth-order valence-corrected chi connectivity index (χ4v) is 3.04. The van der Waals surface area contributed by atoms with E-state index < -0.39 is 0 Å². The van der Waals surface area contributed by atoms with Gasteiger partial charge in [0.1, 0.15) is 17.1 Å². The predicted molar refractivity (Wildman–Crippen MR) is 78.0 cm³/mol. The number of methoxy groups -OCH3 is 1. The summed E-state index contributed by atoms with van der Waals surface area (Å²) in [4.78, 5) is 4.72. The van der Waals surface area contributed by atoms with E-state index in [0.29, 0.717) is 6.04 Å². The van der Waals surface area contributed by atoms with E-state index in [0.717, 1.165) is 28.5 Å². The van der Waals surface area contributed by atoms with E-state index in [4.69, 9.17) is 21.3 Å². The second-order valence-corrected chi connectivity index (χ2v) is 5.91. The van der Waals surface area contributed by atoms with Crippen LogP contribution in [0.4, 0.5) is 0 Å². The molecule has 0 bridgehead atoms. The molecule has 0 spiro atoms. The van der Waals surface area contributed by atoms with Crippen LogP contribution in [-0.2, 0) is 0 Å². The summed E-state index contributed by atoms with van der Waals surface area (Å²) >= 11 is 6.31. The molecule has 0 saturated heterocycles. The van der Waals surface area contributed by atoms with Gasteiger partial charge in [0, 0.05) is 6.04 Å².